The molecule has 36 heavy (non-hydrogen) atoms. The lowest BCUT2D eigenvalue weighted by Crippen LogP contribution is -2.36. The van der Waals surface area contributed by atoms with E-state index < -0.39 is 29.7 Å². The van der Waals surface area contributed by atoms with Crippen molar-refractivity contribution in [2.24, 2.45) is 0 Å². The Morgan fingerprint density at radius 1 is 0.944 bits per heavy atom. The molecule has 3 aromatic rings. The molecule has 3 aromatic carbocycles. The number of carbonyl (C=O) groups is 4. The molecule has 9 heteroatoms. The highest BCUT2D eigenvalue weighted by molar-refractivity contribution is 6.21. The summed E-state index contributed by atoms with van der Waals surface area (Å²) in [7, 11) is 1.49. The largest absolute Gasteiger partial charge is 0.493 e. The minimum atomic E-state index is -1.20. The molecule has 0 saturated heterocycles. The average Bonchev–Trinajstić information content (AvgIpc) is 3.13. The predicted octanol–water partition coefficient (Wildman–Crippen LogP) is 4.16. The quantitative estimate of drug-likeness (QED) is 0.434. The van der Waals surface area contributed by atoms with Gasteiger partial charge in [0.2, 0.25) is 5.91 Å². The van der Waals surface area contributed by atoms with Gasteiger partial charge in [-0.05, 0) is 48.9 Å². The third kappa shape index (κ3) is 4.63. The molecule has 2 N–H and O–H groups in total. The van der Waals surface area contributed by atoms with E-state index in [0.29, 0.717) is 23.7 Å². The standard InChI is InChI=1S/C27H24N2O7/c1-3-36-23-14-16(12-13-22(23)35-2)21(29-25(31)17-8-4-5-9-18(17)26(29)32)15-24(30)28-20-11-7-6-10-19(20)27(33)34/h4-14,21H,3,15H2,1-2H3,(H,28,30)(H,33,34). The fraction of sp³-hybridized carbons (Fsp3) is 0.185. The maximum atomic E-state index is 13.3. The van der Waals surface area contributed by atoms with Gasteiger partial charge in [0.05, 0.1) is 48.6 Å². The van der Waals surface area contributed by atoms with Crippen molar-refractivity contribution in [3.63, 3.8) is 0 Å². The zero-order valence-electron chi connectivity index (χ0n) is 19.7. The van der Waals surface area contributed by atoms with Crippen LogP contribution in [-0.2, 0) is 4.79 Å². The lowest BCUT2D eigenvalue weighted by Gasteiger charge is -2.27. The Bertz CT molecular complexity index is 1320. The number of anilines is 1. The zero-order valence-corrected chi connectivity index (χ0v) is 19.7. The number of carboxylic acid groups (broad SMARTS) is 1. The second-order valence-corrected chi connectivity index (χ2v) is 7.99. The van der Waals surface area contributed by atoms with Crippen LogP contribution >= 0.6 is 0 Å². The summed E-state index contributed by atoms with van der Waals surface area (Å²) in [6, 6.07) is 16.4. The van der Waals surface area contributed by atoms with Crippen molar-refractivity contribution in [2.75, 3.05) is 19.0 Å². The molecule has 184 valence electrons. The third-order valence-corrected chi connectivity index (χ3v) is 5.82. The number of aromatic carboxylic acids is 1. The SMILES string of the molecule is CCOc1cc(C(CC(=O)Nc2ccccc2C(=O)O)N2C(=O)c3ccccc3C2=O)ccc1OC. The van der Waals surface area contributed by atoms with Crippen LogP contribution in [-0.4, -0.2) is 47.4 Å². The summed E-state index contributed by atoms with van der Waals surface area (Å²) in [4.78, 5) is 52.3. The van der Waals surface area contributed by atoms with Crippen LogP contribution in [0.25, 0.3) is 0 Å². The van der Waals surface area contributed by atoms with Gasteiger partial charge in [-0.1, -0.05) is 30.3 Å². The van der Waals surface area contributed by atoms with E-state index in [-0.39, 0.29) is 28.8 Å². The number of benzene rings is 3. The molecular weight excluding hydrogens is 464 g/mol. The van der Waals surface area contributed by atoms with Crippen LogP contribution in [0.2, 0.25) is 0 Å². The van der Waals surface area contributed by atoms with Crippen LogP contribution in [0.5, 0.6) is 11.5 Å². The van der Waals surface area contributed by atoms with Gasteiger partial charge in [0.15, 0.2) is 11.5 Å². The van der Waals surface area contributed by atoms with Gasteiger partial charge in [-0.2, -0.15) is 0 Å². The molecule has 0 radical (unpaired) electrons. The number of ether oxygens (including phenoxy) is 2. The third-order valence-electron chi connectivity index (χ3n) is 5.82. The predicted molar refractivity (Wildman–Crippen MR) is 130 cm³/mol. The van der Waals surface area contributed by atoms with E-state index in [9.17, 15) is 24.3 Å². The topological polar surface area (TPSA) is 122 Å². The van der Waals surface area contributed by atoms with E-state index >= 15 is 0 Å². The molecule has 1 heterocycles. The molecule has 1 atom stereocenters. The number of nitrogens with zero attached hydrogens (tertiary/aromatic N) is 1. The molecule has 9 nitrogen and oxygen atoms in total. The molecule has 3 amide bonds. The number of hydrogen-bond donors (Lipinski definition) is 2. The second-order valence-electron chi connectivity index (χ2n) is 7.99. The van der Waals surface area contributed by atoms with Crippen molar-refractivity contribution < 1.29 is 33.8 Å². The summed E-state index contributed by atoms with van der Waals surface area (Å²) in [6.45, 7) is 2.16. The monoisotopic (exact) mass is 488 g/mol. The van der Waals surface area contributed by atoms with Crippen LogP contribution in [0.15, 0.2) is 66.7 Å². The number of carboxylic acids is 1. The van der Waals surface area contributed by atoms with Gasteiger partial charge in [-0.15, -0.1) is 0 Å². The van der Waals surface area contributed by atoms with E-state index in [2.05, 4.69) is 5.32 Å². The summed E-state index contributed by atoms with van der Waals surface area (Å²) in [5, 5.41) is 12.0. The van der Waals surface area contributed by atoms with Crippen LogP contribution < -0.4 is 14.8 Å². The molecule has 0 bridgehead atoms. The lowest BCUT2D eigenvalue weighted by atomic mass is 10.0. The van der Waals surface area contributed by atoms with Crippen LogP contribution in [0, 0.1) is 0 Å². The van der Waals surface area contributed by atoms with Crippen molar-refractivity contribution in [3.05, 3.63) is 89.0 Å². The van der Waals surface area contributed by atoms with Crippen LogP contribution in [0.4, 0.5) is 5.69 Å². The number of amides is 3. The summed E-state index contributed by atoms with van der Waals surface area (Å²) < 4.78 is 11.0. The zero-order chi connectivity index (χ0) is 25.8. The molecule has 1 aliphatic heterocycles. The summed E-state index contributed by atoms with van der Waals surface area (Å²) in [5.41, 5.74) is 1.02. The van der Waals surface area contributed by atoms with E-state index in [1.54, 1.807) is 61.5 Å². The molecular formula is C27H24N2O7. The maximum absolute atomic E-state index is 13.3. The fourth-order valence-corrected chi connectivity index (χ4v) is 4.17. The summed E-state index contributed by atoms with van der Waals surface area (Å²) in [5.74, 6) is -1.95. The molecule has 1 aliphatic rings. The van der Waals surface area contributed by atoms with Gasteiger partial charge in [0.1, 0.15) is 0 Å². The Hall–Kier alpha value is -4.66. The molecule has 0 saturated carbocycles. The Morgan fingerprint density at radius 2 is 1.58 bits per heavy atom. The molecule has 0 aliphatic carbocycles. The Balaban J connectivity index is 1.73. The maximum Gasteiger partial charge on any atom is 0.337 e. The van der Waals surface area contributed by atoms with Crippen LogP contribution in [0.1, 0.15) is 56.0 Å². The first-order chi connectivity index (χ1) is 17.3. The smallest absolute Gasteiger partial charge is 0.337 e. The number of para-hydroxylation sites is 1. The fourth-order valence-electron chi connectivity index (χ4n) is 4.17. The number of hydrogen-bond acceptors (Lipinski definition) is 6. The molecule has 0 spiro atoms. The van der Waals surface area contributed by atoms with E-state index in [1.165, 1.54) is 19.2 Å². The van der Waals surface area contributed by atoms with Gasteiger partial charge < -0.3 is 19.9 Å². The highest BCUT2D eigenvalue weighted by Gasteiger charge is 2.41. The van der Waals surface area contributed by atoms with Gasteiger partial charge in [0.25, 0.3) is 11.8 Å². The van der Waals surface area contributed by atoms with Crippen molar-refractivity contribution in [1.29, 1.82) is 0 Å². The first-order valence-electron chi connectivity index (χ1n) is 11.3. The molecule has 4 rings (SSSR count). The minimum Gasteiger partial charge on any atom is -0.493 e. The normalized spacial score (nSPS) is 13.2. The van der Waals surface area contributed by atoms with E-state index in [4.69, 9.17) is 9.47 Å². The Labute approximate surface area is 207 Å². The van der Waals surface area contributed by atoms with Gasteiger partial charge in [0, 0.05) is 0 Å². The summed E-state index contributed by atoms with van der Waals surface area (Å²) in [6.07, 6.45) is -0.308. The number of carbonyl (C=O) groups excluding carboxylic acids is 3. The first kappa shape index (κ1) is 24.5. The highest BCUT2D eigenvalue weighted by atomic mass is 16.5. The van der Waals surface area contributed by atoms with Crippen molar-refractivity contribution in [2.45, 2.75) is 19.4 Å². The number of fused-ring (bicyclic) bond motifs is 1. The highest BCUT2D eigenvalue weighted by Crippen LogP contribution is 2.37. The molecule has 0 aromatic heterocycles. The van der Waals surface area contributed by atoms with E-state index in [1.807, 2.05) is 0 Å². The molecule has 1 unspecified atom stereocenters. The van der Waals surface area contributed by atoms with Crippen molar-refractivity contribution in [3.8, 4) is 11.5 Å². The minimum absolute atomic E-state index is 0.0776. The van der Waals surface area contributed by atoms with Crippen molar-refractivity contribution >= 4 is 29.4 Å². The Morgan fingerprint density at radius 3 is 2.19 bits per heavy atom. The number of rotatable bonds is 9. The average molecular weight is 488 g/mol. The van der Waals surface area contributed by atoms with Gasteiger partial charge in [-0.25, -0.2) is 4.79 Å². The lowest BCUT2D eigenvalue weighted by molar-refractivity contribution is -0.117. The summed E-state index contributed by atoms with van der Waals surface area (Å²) >= 11 is 0. The number of nitrogens with one attached hydrogen (secondary N) is 1. The Kier molecular flexibility index (Phi) is 7.00. The van der Waals surface area contributed by atoms with Gasteiger partial charge in [-0.3, -0.25) is 19.3 Å². The van der Waals surface area contributed by atoms with Gasteiger partial charge >= 0.3 is 5.97 Å². The number of imide groups is 1. The van der Waals surface area contributed by atoms with Crippen molar-refractivity contribution in [1.82, 2.24) is 4.90 Å². The molecule has 0 fully saturated rings. The van der Waals surface area contributed by atoms with E-state index in [0.717, 1.165) is 4.90 Å². The first-order valence-corrected chi connectivity index (χ1v) is 11.3. The van der Waals surface area contributed by atoms with Crippen LogP contribution in [0.3, 0.4) is 0 Å². The number of methoxy groups -OCH3 is 1. The second kappa shape index (κ2) is 10.3.